The van der Waals surface area contributed by atoms with Crippen LogP contribution in [0.1, 0.15) is 46.5 Å². The molecule has 1 aromatic carbocycles. The number of anilines is 1. The maximum atomic E-state index is 12.7. The Hall–Kier alpha value is -1.35. The third kappa shape index (κ3) is 6.30. The van der Waals surface area contributed by atoms with Crippen LogP contribution in [0.2, 0.25) is 0 Å². The number of hydrogen-bond acceptors (Lipinski definition) is 2. The molecule has 1 rings (SSSR count). The first-order chi connectivity index (χ1) is 10.1. The Morgan fingerprint density at radius 3 is 2.43 bits per heavy atom. The first-order valence-corrected chi connectivity index (χ1v) is 8.13. The topological polar surface area (TPSA) is 46.3 Å². The lowest BCUT2D eigenvalue weighted by Crippen LogP contribution is -2.34. The standard InChI is InChI=1S/C18H30N2O/c1-4-5-11-20(17-9-7-6-8-10-17)18(21)13-16(14-19)12-15(2)3/h6-10,15-16H,4-5,11-14,19H2,1-3H3/t16-/m0/s1. The zero-order chi connectivity index (χ0) is 15.7. The summed E-state index contributed by atoms with van der Waals surface area (Å²) >= 11 is 0. The van der Waals surface area contributed by atoms with Gasteiger partial charge in [-0.15, -0.1) is 0 Å². The number of carbonyl (C=O) groups excluding carboxylic acids is 1. The van der Waals surface area contributed by atoms with Crippen molar-refractivity contribution in [2.75, 3.05) is 18.0 Å². The molecule has 0 saturated heterocycles. The van der Waals surface area contributed by atoms with Crippen LogP contribution in [0.25, 0.3) is 0 Å². The molecule has 0 bridgehead atoms. The highest BCUT2D eigenvalue weighted by Crippen LogP contribution is 2.20. The molecule has 1 atom stereocenters. The van der Waals surface area contributed by atoms with E-state index in [1.165, 1.54) is 0 Å². The predicted octanol–water partition coefficient (Wildman–Crippen LogP) is 3.83. The summed E-state index contributed by atoms with van der Waals surface area (Å²) in [5.74, 6) is 1.06. The summed E-state index contributed by atoms with van der Waals surface area (Å²) in [4.78, 5) is 14.6. The lowest BCUT2D eigenvalue weighted by atomic mass is 9.93. The Kier molecular flexibility index (Phi) is 8.06. The highest BCUT2D eigenvalue weighted by atomic mass is 16.2. The first kappa shape index (κ1) is 17.7. The summed E-state index contributed by atoms with van der Waals surface area (Å²) in [6.07, 6.45) is 3.67. The Morgan fingerprint density at radius 1 is 1.24 bits per heavy atom. The molecule has 0 aliphatic carbocycles. The third-order valence-electron chi connectivity index (χ3n) is 3.71. The summed E-state index contributed by atoms with van der Waals surface area (Å²) in [5, 5.41) is 0. The van der Waals surface area contributed by atoms with Crippen molar-refractivity contribution in [2.24, 2.45) is 17.6 Å². The number of rotatable bonds is 9. The Balaban J connectivity index is 2.75. The van der Waals surface area contributed by atoms with Crippen LogP contribution in [0.15, 0.2) is 30.3 Å². The van der Waals surface area contributed by atoms with Crippen molar-refractivity contribution in [2.45, 2.75) is 46.5 Å². The number of hydrogen-bond donors (Lipinski definition) is 1. The summed E-state index contributed by atoms with van der Waals surface area (Å²) in [7, 11) is 0. The van der Waals surface area contributed by atoms with Gasteiger partial charge in [0.2, 0.25) is 5.91 Å². The zero-order valence-electron chi connectivity index (χ0n) is 13.7. The van der Waals surface area contributed by atoms with Crippen LogP contribution >= 0.6 is 0 Å². The average molecular weight is 290 g/mol. The number of carbonyl (C=O) groups is 1. The van der Waals surface area contributed by atoms with E-state index in [2.05, 4.69) is 20.8 Å². The zero-order valence-corrected chi connectivity index (χ0v) is 13.7. The van der Waals surface area contributed by atoms with Crippen molar-refractivity contribution >= 4 is 11.6 Å². The maximum absolute atomic E-state index is 12.7. The molecule has 3 heteroatoms. The molecule has 3 nitrogen and oxygen atoms in total. The lowest BCUT2D eigenvalue weighted by molar-refractivity contribution is -0.119. The fourth-order valence-electron chi connectivity index (χ4n) is 2.61. The summed E-state index contributed by atoms with van der Waals surface area (Å²) < 4.78 is 0. The molecule has 0 saturated carbocycles. The van der Waals surface area contributed by atoms with Gasteiger partial charge in [0.25, 0.3) is 0 Å². The first-order valence-electron chi connectivity index (χ1n) is 8.13. The minimum absolute atomic E-state index is 0.200. The molecule has 0 fully saturated rings. The molecule has 1 aromatic rings. The lowest BCUT2D eigenvalue weighted by Gasteiger charge is -2.25. The van der Waals surface area contributed by atoms with Gasteiger partial charge in [0.05, 0.1) is 0 Å². The largest absolute Gasteiger partial charge is 0.330 e. The van der Waals surface area contributed by atoms with Crippen LogP contribution in [0.3, 0.4) is 0 Å². The second-order valence-corrected chi connectivity index (χ2v) is 6.17. The molecule has 0 aromatic heterocycles. The van der Waals surface area contributed by atoms with E-state index in [4.69, 9.17) is 5.73 Å². The fraction of sp³-hybridized carbons (Fsp3) is 0.611. The Labute approximate surface area is 129 Å². The van der Waals surface area contributed by atoms with E-state index >= 15 is 0 Å². The van der Waals surface area contributed by atoms with E-state index in [1.54, 1.807) is 0 Å². The number of amides is 1. The van der Waals surface area contributed by atoms with E-state index in [9.17, 15) is 4.79 Å². The van der Waals surface area contributed by atoms with E-state index in [1.807, 2.05) is 35.2 Å². The smallest absolute Gasteiger partial charge is 0.227 e. The van der Waals surface area contributed by atoms with E-state index in [-0.39, 0.29) is 11.8 Å². The van der Waals surface area contributed by atoms with Crippen LogP contribution in [0, 0.1) is 11.8 Å². The minimum atomic E-state index is 0.200. The molecule has 0 aliphatic heterocycles. The molecule has 0 unspecified atom stereocenters. The fourth-order valence-corrected chi connectivity index (χ4v) is 2.61. The number of para-hydroxylation sites is 1. The van der Waals surface area contributed by atoms with Gasteiger partial charge < -0.3 is 10.6 Å². The van der Waals surface area contributed by atoms with Crippen molar-refractivity contribution in [3.8, 4) is 0 Å². The van der Waals surface area contributed by atoms with Gasteiger partial charge >= 0.3 is 0 Å². The van der Waals surface area contributed by atoms with Gasteiger partial charge in [-0.25, -0.2) is 0 Å². The maximum Gasteiger partial charge on any atom is 0.227 e. The molecule has 0 spiro atoms. The highest BCUT2D eigenvalue weighted by Gasteiger charge is 2.20. The van der Waals surface area contributed by atoms with Gasteiger partial charge in [-0.1, -0.05) is 45.4 Å². The summed E-state index contributed by atoms with van der Waals surface area (Å²) in [6, 6.07) is 9.96. The van der Waals surface area contributed by atoms with Gasteiger partial charge in [0.1, 0.15) is 0 Å². The molecule has 1 amide bonds. The number of nitrogens with zero attached hydrogens (tertiary/aromatic N) is 1. The van der Waals surface area contributed by atoms with E-state index < -0.39 is 0 Å². The third-order valence-corrected chi connectivity index (χ3v) is 3.71. The average Bonchev–Trinajstić information content (AvgIpc) is 2.47. The Morgan fingerprint density at radius 2 is 1.90 bits per heavy atom. The van der Waals surface area contributed by atoms with E-state index in [0.29, 0.717) is 18.9 Å². The predicted molar refractivity (Wildman–Crippen MR) is 90.3 cm³/mol. The van der Waals surface area contributed by atoms with Crippen molar-refractivity contribution in [1.29, 1.82) is 0 Å². The SMILES string of the molecule is CCCCN(C(=O)C[C@@H](CN)CC(C)C)c1ccccc1. The summed E-state index contributed by atoms with van der Waals surface area (Å²) in [5.41, 5.74) is 6.83. The van der Waals surface area contributed by atoms with Gasteiger partial charge in [-0.2, -0.15) is 0 Å². The monoisotopic (exact) mass is 290 g/mol. The van der Waals surface area contributed by atoms with E-state index in [0.717, 1.165) is 31.5 Å². The highest BCUT2D eigenvalue weighted by molar-refractivity contribution is 5.93. The van der Waals surface area contributed by atoms with Crippen molar-refractivity contribution in [1.82, 2.24) is 0 Å². The molecule has 0 radical (unpaired) electrons. The minimum Gasteiger partial charge on any atom is -0.330 e. The van der Waals surface area contributed by atoms with Crippen LogP contribution in [-0.4, -0.2) is 19.0 Å². The van der Waals surface area contributed by atoms with Gasteiger partial charge in [0.15, 0.2) is 0 Å². The number of unbranched alkanes of at least 4 members (excludes halogenated alkanes) is 1. The van der Waals surface area contributed by atoms with Crippen LogP contribution in [0.5, 0.6) is 0 Å². The molecular formula is C18H30N2O. The summed E-state index contributed by atoms with van der Waals surface area (Å²) in [6.45, 7) is 7.88. The Bertz CT molecular complexity index is 403. The quantitative estimate of drug-likeness (QED) is 0.751. The number of benzene rings is 1. The molecule has 118 valence electrons. The van der Waals surface area contributed by atoms with Crippen LogP contribution < -0.4 is 10.6 Å². The van der Waals surface area contributed by atoms with Crippen molar-refractivity contribution in [3.63, 3.8) is 0 Å². The molecule has 2 N–H and O–H groups in total. The van der Waals surface area contributed by atoms with Crippen LogP contribution in [0.4, 0.5) is 5.69 Å². The normalized spacial score (nSPS) is 12.4. The van der Waals surface area contributed by atoms with Gasteiger partial charge in [-0.3, -0.25) is 4.79 Å². The second kappa shape index (κ2) is 9.56. The van der Waals surface area contributed by atoms with Gasteiger partial charge in [-0.05, 0) is 43.4 Å². The van der Waals surface area contributed by atoms with Crippen molar-refractivity contribution < 1.29 is 4.79 Å². The molecule has 0 heterocycles. The molecule has 21 heavy (non-hydrogen) atoms. The van der Waals surface area contributed by atoms with Crippen molar-refractivity contribution in [3.05, 3.63) is 30.3 Å². The van der Waals surface area contributed by atoms with Crippen LogP contribution in [-0.2, 0) is 4.79 Å². The van der Waals surface area contributed by atoms with Gasteiger partial charge in [0, 0.05) is 18.7 Å². The number of nitrogens with two attached hydrogens (primary N) is 1. The molecular weight excluding hydrogens is 260 g/mol. The molecule has 0 aliphatic rings. The second-order valence-electron chi connectivity index (χ2n) is 6.17.